The zero-order valence-electron chi connectivity index (χ0n) is 10.3. The maximum atomic E-state index is 11.5. The molecule has 1 saturated heterocycles. The van der Waals surface area contributed by atoms with Crippen LogP contribution < -0.4 is 5.32 Å². The van der Waals surface area contributed by atoms with Crippen LogP contribution in [0.5, 0.6) is 0 Å². The summed E-state index contributed by atoms with van der Waals surface area (Å²) in [7, 11) is 3.78. The molecule has 1 amide bonds. The summed E-state index contributed by atoms with van der Waals surface area (Å²) in [6, 6.07) is 0. The van der Waals surface area contributed by atoms with E-state index in [2.05, 4.69) is 10.1 Å². The fourth-order valence-corrected chi connectivity index (χ4v) is 1.39. The van der Waals surface area contributed by atoms with Crippen molar-refractivity contribution in [2.45, 2.75) is 0 Å². The summed E-state index contributed by atoms with van der Waals surface area (Å²) in [5, 5.41) is 3.12. The van der Waals surface area contributed by atoms with Crippen LogP contribution >= 0.6 is 0 Å². The molecule has 0 aromatic carbocycles. The van der Waals surface area contributed by atoms with E-state index in [0.717, 1.165) is 13.1 Å². The van der Waals surface area contributed by atoms with E-state index in [1.165, 1.54) is 11.0 Å². The van der Waals surface area contributed by atoms with E-state index in [-0.39, 0.29) is 0 Å². The normalized spacial score (nSPS) is 16.5. The Bertz CT molecular complexity index is 296. The highest BCUT2D eigenvalue weighted by molar-refractivity contribution is 5.91. The Morgan fingerprint density at radius 1 is 1.35 bits per heavy atom. The molecule has 0 atom stereocenters. The number of likely N-dealkylation sites (N-methyl/N-ethyl adjacent to an activating group) is 1. The van der Waals surface area contributed by atoms with Crippen LogP contribution in [0.2, 0.25) is 0 Å². The Morgan fingerprint density at radius 3 is 2.59 bits per heavy atom. The van der Waals surface area contributed by atoms with Crippen LogP contribution in [0.3, 0.4) is 0 Å². The van der Waals surface area contributed by atoms with E-state index in [0.29, 0.717) is 19.6 Å². The Balaban J connectivity index is 2.29. The van der Waals surface area contributed by atoms with Crippen molar-refractivity contribution in [3.63, 3.8) is 0 Å². The fourth-order valence-electron chi connectivity index (χ4n) is 1.39. The van der Waals surface area contributed by atoms with Gasteiger partial charge in [0.2, 0.25) is 0 Å². The molecule has 0 saturated carbocycles. The molecule has 1 aliphatic heterocycles. The van der Waals surface area contributed by atoms with Crippen molar-refractivity contribution in [1.82, 2.24) is 15.1 Å². The SMILES string of the molecule is CN(C)CC=CC(=O)OC(=O)N1CCNCC1. The van der Waals surface area contributed by atoms with Crippen LogP contribution in [-0.4, -0.2) is 68.7 Å². The molecule has 0 aliphatic carbocycles. The molecule has 96 valence electrons. The van der Waals surface area contributed by atoms with Gasteiger partial charge in [-0.2, -0.15) is 0 Å². The molecule has 0 spiro atoms. The Morgan fingerprint density at radius 2 is 2.00 bits per heavy atom. The summed E-state index contributed by atoms with van der Waals surface area (Å²) in [6.07, 6.45) is 2.37. The third kappa shape index (κ3) is 5.46. The van der Waals surface area contributed by atoms with Crippen molar-refractivity contribution in [3.8, 4) is 0 Å². The van der Waals surface area contributed by atoms with E-state index in [1.807, 2.05) is 19.0 Å². The predicted molar refractivity (Wildman–Crippen MR) is 63.6 cm³/mol. The molecular formula is C11H19N3O3. The van der Waals surface area contributed by atoms with Gasteiger partial charge in [-0.05, 0) is 14.1 Å². The highest BCUT2D eigenvalue weighted by Crippen LogP contribution is 1.97. The summed E-state index contributed by atoms with van der Waals surface area (Å²) >= 11 is 0. The van der Waals surface area contributed by atoms with Gasteiger partial charge < -0.3 is 19.9 Å². The van der Waals surface area contributed by atoms with Gasteiger partial charge in [0.05, 0.1) is 0 Å². The predicted octanol–water partition coefficient (Wildman–Crippen LogP) is -0.327. The van der Waals surface area contributed by atoms with Gasteiger partial charge >= 0.3 is 12.1 Å². The monoisotopic (exact) mass is 241 g/mol. The number of piperazine rings is 1. The van der Waals surface area contributed by atoms with Gasteiger partial charge in [0, 0.05) is 38.8 Å². The number of carbonyl (C=O) groups is 2. The van der Waals surface area contributed by atoms with Crippen LogP contribution in [0.25, 0.3) is 0 Å². The first-order valence-electron chi connectivity index (χ1n) is 5.62. The smallest absolute Gasteiger partial charge is 0.373 e. The Labute approximate surface area is 101 Å². The fraction of sp³-hybridized carbons (Fsp3) is 0.636. The summed E-state index contributed by atoms with van der Waals surface area (Å²) in [5.41, 5.74) is 0. The minimum absolute atomic E-state index is 0.564. The van der Waals surface area contributed by atoms with E-state index >= 15 is 0 Å². The zero-order chi connectivity index (χ0) is 12.7. The van der Waals surface area contributed by atoms with Gasteiger partial charge in [0.1, 0.15) is 0 Å². The summed E-state index contributed by atoms with van der Waals surface area (Å²) in [5.74, 6) is -0.615. The quantitative estimate of drug-likeness (QED) is 0.416. The number of hydrogen-bond donors (Lipinski definition) is 1. The molecule has 0 bridgehead atoms. The third-order valence-corrected chi connectivity index (χ3v) is 2.29. The largest absolute Gasteiger partial charge is 0.417 e. The lowest BCUT2D eigenvalue weighted by Gasteiger charge is -2.25. The maximum Gasteiger partial charge on any atom is 0.417 e. The first-order chi connectivity index (χ1) is 8.09. The highest BCUT2D eigenvalue weighted by atomic mass is 16.6. The third-order valence-electron chi connectivity index (χ3n) is 2.29. The molecule has 0 aromatic rings. The minimum Gasteiger partial charge on any atom is -0.373 e. The lowest BCUT2D eigenvalue weighted by atomic mass is 10.4. The van der Waals surface area contributed by atoms with Gasteiger partial charge in [-0.25, -0.2) is 9.59 Å². The van der Waals surface area contributed by atoms with E-state index < -0.39 is 12.1 Å². The summed E-state index contributed by atoms with van der Waals surface area (Å²) in [6.45, 7) is 3.26. The summed E-state index contributed by atoms with van der Waals surface area (Å²) < 4.78 is 4.69. The second-order valence-electron chi connectivity index (χ2n) is 4.09. The second kappa shape index (κ2) is 7.03. The van der Waals surface area contributed by atoms with Gasteiger partial charge in [-0.3, -0.25) is 0 Å². The Hall–Kier alpha value is -1.40. The zero-order valence-corrected chi connectivity index (χ0v) is 10.3. The number of ether oxygens (including phenoxy) is 1. The first kappa shape index (κ1) is 13.7. The van der Waals surface area contributed by atoms with Gasteiger partial charge in [0.25, 0.3) is 0 Å². The number of rotatable bonds is 3. The number of carbonyl (C=O) groups excluding carboxylic acids is 2. The van der Waals surface area contributed by atoms with Crippen molar-refractivity contribution < 1.29 is 14.3 Å². The first-order valence-corrected chi connectivity index (χ1v) is 5.62. The van der Waals surface area contributed by atoms with Crippen molar-refractivity contribution in [1.29, 1.82) is 0 Å². The molecule has 0 unspecified atom stereocenters. The van der Waals surface area contributed by atoms with E-state index in [1.54, 1.807) is 6.08 Å². The summed E-state index contributed by atoms with van der Waals surface area (Å²) in [4.78, 5) is 26.2. The molecule has 1 rings (SSSR count). The highest BCUT2D eigenvalue weighted by Gasteiger charge is 2.19. The molecule has 1 aliphatic rings. The van der Waals surface area contributed by atoms with Crippen molar-refractivity contribution >= 4 is 12.1 Å². The van der Waals surface area contributed by atoms with Crippen LogP contribution in [0.15, 0.2) is 12.2 Å². The average molecular weight is 241 g/mol. The Kier molecular flexibility index (Phi) is 5.65. The molecule has 17 heavy (non-hydrogen) atoms. The van der Waals surface area contributed by atoms with Crippen molar-refractivity contribution in [2.24, 2.45) is 0 Å². The van der Waals surface area contributed by atoms with Crippen LogP contribution in [-0.2, 0) is 9.53 Å². The standard InChI is InChI=1S/C11H19N3O3/c1-13(2)7-3-4-10(15)17-11(16)14-8-5-12-6-9-14/h3-4,12H,5-9H2,1-2H3. The van der Waals surface area contributed by atoms with Crippen LogP contribution in [0.4, 0.5) is 4.79 Å². The van der Waals surface area contributed by atoms with E-state index in [9.17, 15) is 9.59 Å². The molecule has 0 aromatic heterocycles. The molecule has 6 heteroatoms. The molecular weight excluding hydrogens is 222 g/mol. The van der Waals surface area contributed by atoms with Gasteiger partial charge in [0.15, 0.2) is 0 Å². The molecule has 1 N–H and O–H groups in total. The van der Waals surface area contributed by atoms with E-state index in [4.69, 9.17) is 0 Å². The van der Waals surface area contributed by atoms with Gasteiger partial charge in [-0.15, -0.1) is 0 Å². The number of hydrogen-bond acceptors (Lipinski definition) is 5. The van der Waals surface area contributed by atoms with Crippen molar-refractivity contribution in [2.75, 3.05) is 46.8 Å². The lowest BCUT2D eigenvalue weighted by molar-refractivity contribution is -0.132. The molecule has 1 heterocycles. The van der Waals surface area contributed by atoms with Crippen molar-refractivity contribution in [3.05, 3.63) is 12.2 Å². The minimum atomic E-state index is -0.615. The van der Waals surface area contributed by atoms with Gasteiger partial charge in [-0.1, -0.05) is 6.08 Å². The number of nitrogens with one attached hydrogen (secondary N) is 1. The molecule has 0 radical (unpaired) electrons. The second-order valence-corrected chi connectivity index (χ2v) is 4.09. The topological polar surface area (TPSA) is 61.9 Å². The maximum absolute atomic E-state index is 11.5. The number of esters is 1. The molecule has 6 nitrogen and oxygen atoms in total. The number of nitrogens with zero attached hydrogens (tertiary/aromatic N) is 2. The van der Waals surface area contributed by atoms with Crippen LogP contribution in [0.1, 0.15) is 0 Å². The van der Waals surface area contributed by atoms with Crippen LogP contribution in [0, 0.1) is 0 Å². The number of amides is 1. The molecule has 1 fully saturated rings. The lowest BCUT2D eigenvalue weighted by Crippen LogP contribution is -2.46. The average Bonchev–Trinajstić information content (AvgIpc) is 2.29.